The van der Waals surface area contributed by atoms with E-state index in [1.165, 1.54) is 0 Å². The van der Waals surface area contributed by atoms with Crippen LogP contribution in [0.4, 0.5) is 5.69 Å². The van der Waals surface area contributed by atoms with Crippen LogP contribution >= 0.6 is 15.9 Å². The van der Waals surface area contributed by atoms with Crippen LogP contribution in [0.1, 0.15) is 16.7 Å². The molecule has 0 unspecified atom stereocenters. The first-order chi connectivity index (χ1) is 9.83. The number of nitrogens with two attached hydrogens (primary N) is 1. The molecule has 6 heteroatoms. The van der Waals surface area contributed by atoms with Gasteiger partial charge in [-0.25, -0.2) is 8.42 Å². The van der Waals surface area contributed by atoms with Crippen LogP contribution in [0.3, 0.4) is 0 Å². The number of nitrogens with one attached hydrogen (secondary N) is 1. The van der Waals surface area contributed by atoms with Crippen LogP contribution < -0.4 is 10.5 Å². The average molecular weight is 369 g/mol. The molecule has 0 radical (unpaired) electrons. The largest absolute Gasteiger partial charge is 0.326 e. The Bertz CT molecular complexity index is 750. The lowest BCUT2D eigenvalue weighted by atomic mass is 10.1. The molecule has 2 aromatic rings. The second-order valence-electron chi connectivity index (χ2n) is 4.87. The summed E-state index contributed by atoms with van der Waals surface area (Å²) in [7, 11) is -3.62. The predicted octanol–water partition coefficient (Wildman–Crippen LogP) is 3.33. The Balaban J connectivity index is 2.42. The van der Waals surface area contributed by atoms with E-state index in [1.807, 2.05) is 26.0 Å². The maximum atomic E-state index is 12.5. The summed E-state index contributed by atoms with van der Waals surface area (Å²) in [4.78, 5) is 0.215. The summed E-state index contributed by atoms with van der Waals surface area (Å²) in [6.07, 6.45) is 0. The van der Waals surface area contributed by atoms with Gasteiger partial charge >= 0.3 is 0 Å². The third-order valence-corrected chi connectivity index (χ3v) is 4.98. The number of aryl methyl sites for hydroxylation is 2. The van der Waals surface area contributed by atoms with Gasteiger partial charge in [0.05, 0.1) is 10.6 Å². The molecule has 0 aliphatic heterocycles. The van der Waals surface area contributed by atoms with E-state index in [2.05, 4.69) is 20.7 Å². The van der Waals surface area contributed by atoms with Crippen molar-refractivity contribution in [3.63, 3.8) is 0 Å². The van der Waals surface area contributed by atoms with Crippen LogP contribution in [-0.2, 0) is 16.6 Å². The van der Waals surface area contributed by atoms with Crippen molar-refractivity contribution in [2.75, 3.05) is 4.72 Å². The third kappa shape index (κ3) is 3.64. The van der Waals surface area contributed by atoms with Crippen molar-refractivity contribution in [3.05, 3.63) is 57.6 Å². The third-order valence-electron chi connectivity index (χ3n) is 3.18. The number of rotatable bonds is 4. The minimum Gasteiger partial charge on any atom is -0.326 e. The Morgan fingerprint density at radius 3 is 2.33 bits per heavy atom. The first kappa shape index (κ1) is 16.0. The standard InChI is InChI=1S/C15H17BrN2O2S/c1-10-6-13(16)7-11(2)15(10)18-21(19,20)14-5-3-4-12(8-14)9-17/h3-8,18H,9,17H2,1-2H3. The topological polar surface area (TPSA) is 72.2 Å². The van der Waals surface area contributed by atoms with Gasteiger partial charge in [-0.05, 0) is 54.8 Å². The molecular weight excluding hydrogens is 352 g/mol. The van der Waals surface area contributed by atoms with E-state index in [9.17, 15) is 8.42 Å². The highest BCUT2D eigenvalue weighted by atomic mass is 79.9. The molecule has 0 bridgehead atoms. The van der Waals surface area contributed by atoms with Crippen molar-refractivity contribution in [2.24, 2.45) is 5.73 Å². The highest BCUT2D eigenvalue weighted by Gasteiger charge is 2.17. The van der Waals surface area contributed by atoms with Crippen molar-refractivity contribution in [1.82, 2.24) is 0 Å². The fourth-order valence-electron chi connectivity index (χ4n) is 2.10. The summed E-state index contributed by atoms with van der Waals surface area (Å²) < 4.78 is 28.6. The van der Waals surface area contributed by atoms with E-state index in [0.717, 1.165) is 21.2 Å². The van der Waals surface area contributed by atoms with E-state index in [-0.39, 0.29) is 4.90 Å². The minimum absolute atomic E-state index is 0.215. The molecule has 0 spiro atoms. The Kier molecular flexibility index (Phi) is 4.70. The van der Waals surface area contributed by atoms with Gasteiger partial charge in [0.1, 0.15) is 0 Å². The van der Waals surface area contributed by atoms with Gasteiger partial charge in [-0.1, -0.05) is 28.1 Å². The highest BCUT2D eigenvalue weighted by molar-refractivity contribution is 9.10. The molecule has 0 aliphatic rings. The summed E-state index contributed by atoms with van der Waals surface area (Å²) in [5.74, 6) is 0. The Labute approximate surface area is 133 Å². The quantitative estimate of drug-likeness (QED) is 0.869. The summed E-state index contributed by atoms with van der Waals surface area (Å²) in [5, 5.41) is 0. The van der Waals surface area contributed by atoms with Gasteiger partial charge in [0.2, 0.25) is 0 Å². The lowest BCUT2D eigenvalue weighted by molar-refractivity contribution is 0.601. The number of halogens is 1. The maximum Gasteiger partial charge on any atom is 0.261 e. The van der Waals surface area contributed by atoms with Crippen molar-refractivity contribution < 1.29 is 8.42 Å². The van der Waals surface area contributed by atoms with Crippen LogP contribution in [0.25, 0.3) is 0 Å². The number of sulfonamides is 1. The lowest BCUT2D eigenvalue weighted by Gasteiger charge is -2.14. The highest BCUT2D eigenvalue weighted by Crippen LogP contribution is 2.27. The van der Waals surface area contributed by atoms with Crippen LogP contribution in [0.15, 0.2) is 45.8 Å². The van der Waals surface area contributed by atoms with Crippen molar-refractivity contribution in [3.8, 4) is 0 Å². The zero-order chi connectivity index (χ0) is 15.6. The molecule has 112 valence electrons. The fraction of sp³-hybridized carbons (Fsp3) is 0.200. The van der Waals surface area contributed by atoms with Crippen LogP contribution in [-0.4, -0.2) is 8.42 Å². The van der Waals surface area contributed by atoms with Gasteiger partial charge in [0, 0.05) is 11.0 Å². The average Bonchev–Trinajstić information content (AvgIpc) is 2.43. The second-order valence-corrected chi connectivity index (χ2v) is 7.47. The Morgan fingerprint density at radius 1 is 1.14 bits per heavy atom. The molecule has 0 heterocycles. The van der Waals surface area contributed by atoms with E-state index in [0.29, 0.717) is 12.2 Å². The molecule has 0 fully saturated rings. The van der Waals surface area contributed by atoms with Gasteiger partial charge < -0.3 is 5.73 Å². The summed E-state index contributed by atoms with van der Waals surface area (Å²) in [6.45, 7) is 4.04. The number of anilines is 1. The predicted molar refractivity (Wildman–Crippen MR) is 88.8 cm³/mol. The first-order valence-electron chi connectivity index (χ1n) is 6.42. The smallest absolute Gasteiger partial charge is 0.261 e. The van der Waals surface area contributed by atoms with Gasteiger partial charge in [-0.2, -0.15) is 0 Å². The SMILES string of the molecule is Cc1cc(Br)cc(C)c1NS(=O)(=O)c1cccc(CN)c1. The van der Waals surface area contributed by atoms with E-state index >= 15 is 0 Å². The monoisotopic (exact) mass is 368 g/mol. The van der Waals surface area contributed by atoms with Gasteiger partial charge in [0.15, 0.2) is 0 Å². The molecule has 0 aliphatic carbocycles. The molecule has 2 rings (SSSR count). The minimum atomic E-state index is -3.62. The van der Waals surface area contributed by atoms with E-state index in [1.54, 1.807) is 24.3 Å². The zero-order valence-electron chi connectivity index (χ0n) is 11.9. The van der Waals surface area contributed by atoms with Gasteiger partial charge in [-0.3, -0.25) is 4.72 Å². The number of hydrogen-bond acceptors (Lipinski definition) is 3. The molecule has 3 N–H and O–H groups in total. The first-order valence-corrected chi connectivity index (χ1v) is 8.69. The van der Waals surface area contributed by atoms with Gasteiger partial charge in [-0.15, -0.1) is 0 Å². The van der Waals surface area contributed by atoms with Crippen molar-refractivity contribution >= 4 is 31.6 Å². The number of benzene rings is 2. The molecular formula is C15H17BrN2O2S. The molecule has 21 heavy (non-hydrogen) atoms. The Morgan fingerprint density at radius 2 is 1.76 bits per heavy atom. The maximum absolute atomic E-state index is 12.5. The molecule has 0 aromatic heterocycles. The van der Waals surface area contributed by atoms with E-state index in [4.69, 9.17) is 5.73 Å². The van der Waals surface area contributed by atoms with Gasteiger partial charge in [0.25, 0.3) is 10.0 Å². The molecule has 4 nitrogen and oxygen atoms in total. The molecule has 0 amide bonds. The molecule has 0 atom stereocenters. The Hall–Kier alpha value is -1.37. The van der Waals surface area contributed by atoms with Crippen molar-refractivity contribution in [1.29, 1.82) is 0 Å². The van der Waals surface area contributed by atoms with Crippen molar-refractivity contribution in [2.45, 2.75) is 25.3 Å². The number of hydrogen-bond donors (Lipinski definition) is 2. The normalized spacial score (nSPS) is 11.4. The van der Waals surface area contributed by atoms with Crippen LogP contribution in [0.2, 0.25) is 0 Å². The molecule has 0 saturated heterocycles. The van der Waals surface area contributed by atoms with Crippen LogP contribution in [0.5, 0.6) is 0 Å². The summed E-state index contributed by atoms with van der Waals surface area (Å²) in [6, 6.07) is 10.4. The molecule has 0 saturated carbocycles. The van der Waals surface area contributed by atoms with E-state index < -0.39 is 10.0 Å². The zero-order valence-corrected chi connectivity index (χ0v) is 14.3. The summed E-state index contributed by atoms with van der Waals surface area (Å²) in [5.41, 5.74) is 8.67. The second kappa shape index (κ2) is 6.17. The summed E-state index contributed by atoms with van der Waals surface area (Å²) >= 11 is 3.40. The van der Waals surface area contributed by atoms with Crippen LogP contribution in [0, 0.1) is 13.8 Å². The lowest BCUT2D eigenvalue weighted by Crippen LogP contribution is -2.15. The fourth-order valence-corrected chi connectivity index (χ4v) is 4.06. The molecule has 2 aromatic carbocycles.